The Kier molecular flexibility index (Phi) is 7.06. The molecule has 7 heteroatoms. The highest BCUT2D eigenvalue weighted by Gasteiger charge is 2.54. The number of carbonyl (C=O) groups is 2. The van der Waals surface area contributed by atoms with Crippen LogP contribution in [0.2, 0.25) is 0 Å². The van der Waals surface area contributed by atoms with Gasteiger partial charge in [-0.25, -0.2) is 4.79 Å². The summed E-state index contributed by atoms with van der Waals surface area (Å²) in [5.41, 5.74) is 1.72. The Labute approximate surface area is 193 Å². The quantitative estimate of drug-likeness (QED) is 0.469. The number of fused-ring (bicyclic) bond motifs is 1. The van der Waals surface area contributed by atoms with Crippen molar-refractivity contribution in [1.29, 1.82) is 0 Å². The van der Waals surface area contributed by atoms with Crippen molar-refractivity contribution in [2.24, 2.45) is 0 Å². The number of ether oxygens (including phenoxy) is 2. The van der Waals surface area contributed by atoms with Gasteiger partial charge < -0.3 is 19.3 Å². The lowest BCUT2D eigenvalue weighted by molar-refractivity contribution is -0.147. The van der Waals surface area contributed by atoms with Crippen LogP contribution in [0, 0.1) is 0 Å². The number of piperidine rings is 1. The Morgan fingerprint density at radius 2 is 1.81 bits per heavy atom. The third kappa shape index (κ3) is 4.50. The molecule has 1 saturated heterocycles. The van der Waals surface area contributed by atoms with Crippen LogP contribution in [0.5, 0.6) is 5.75 Å². The van der Waals surface area contributed by atoms with Crippen LogP contribution in [0.15, 0.2) is 53.4 Å². The van der Waals surface area contributed by atoms with Crippen LogP contribution in [0.4, 0.5) is 5.69 Å². The molecule has 0 spiro atoms. The fourth-order valence-corrected chi connectivity index (χ4v) is 5.93. The summed E-state index contributed by atoms with van der Waals surface area (Å²) in [6.45, 7) is 3.46. The number of hydrogen-bond acceptors (Lipinski definition) is 6. The van der Waals surface area contributed by atoms with Gasteiger partial charge in [-0.3, -0.25) is 4.79 Å². The first-order chi connectivity index (χ1) is 15.6. The number of benzene rings is 2. The van der Waals surface area contributed by atoms with Gasteiger partial charge in [-0.2, -0.15) is 0 Å². The summed E-state index contributed by atoms with van der Waals surface area (Å²) in [5.74, 6) is -0.0428. The number of thioether (sulfide) groups is 1. The van der Waals surface area contributed by atoms with E-state index in [4.69, 9.17) is 9.47 Å². The molecule has 2 aliphatic rings. The first-order valence-corrected chi connectivity index (χ1v) is 11.9. The molecule has 170 valence electrons. The average Bonchev–Trinajstić information content (AvgIpc) is 2.84. The summed E-state index contributed by atoms with van der Waals surface area (Å²) in [7, 11) is 2.95. The second-order valence-electron chi connectivity index (χ2n) is 8.28. The number of para-hydroxylation sites is 1. The maximum absolute atomic E-state index is 14.0. The molecule has 6 nitrogen and oxygen atoms in total. The molecule has 4 rings (SSSR count). The molecule has 1 unspecified atom stereocenters. The normalized spacial score (nSPS) is 21.2. The highest BCUT2D eigenvalue weighted by Crippen LogP contribution is 2.47. The Hall–Kier alpha value is -2.51. The van der Waals surface area contributed by atoms with Gasteiger partial charge in [0.05, 0.1) is 19.9 Å². The maximum Gasteiger partial charge on any atom is 0.332 e. The fourth-order valence-electron chi connectivity index (χ4n) is 4.52. The first kappa shape index (κ1) is 22.7. The van der Waals surface area contributed by atoms with Gasteiger partial charge in [0, 0.05) is 24.4 Å². The summed E-state index contributed by atoms with van der Waals surface area (Å²) in [4.78, 5) is 32.3. The smallest absolute Gasteiger partial charge is 0.332 e. The van der Waals surface area contributed by atoms with Crippen LogP contribution < -0.4 is 9.64 Å². The Morgan fingerprint density at radius 1 is 1.03 bits per heavy atom. The lowest BCUT2D eigenvalue weighted by Crippen LogP contribution is -2.57. The molecular weight excluding hydrogens is 424 g/mol. The minimum Gasteiger partial charge on any atom is -0.497 e. The third-order valence-corrected chi connectivity index (χ3v) is 7.62. The Balaban J connectivity index is 1.69. The zero-order chi connectivity index (χ0) is 22.6. The number of esters is 1. The summed E-state index contributed by atoms with van der Waals surface area (Å²) < 4.78 is 9.17. The number of likely N-dealkylation sites (tertiary alicyclic amines) is 1. The predicted octanol–water partition coefficient (Wildman–Crippen LogP) is 3.77. The number of rotatable bonds is 7. The second-order valence-corrected chi connectivity index (χ2v) is 9.62. The lowest BCUT2D eigenvalue weighted by Gasteiger charge is -2.41. The summed E-state index contributed by atoms with van der Waals surface area (Å²) in [6.07, 6.45) is 3.89. The van der Waals surface area contributed by atoms with E-state index in [-0.39, 0.29) is 12.3 Å². The molecule has 0 aromatic heterocycles. The first-order valence-electron chi connectivity index (χ1n) is 11.1. The van der Waals surface area contributed by atoms with Gasteiger partial charge in [-0.15, -0.1) is 0 Å². The van der Waals surface area contributed by atoms with Crippen molar-refractivity contribution in [3.8, 4) is 5.75 Å². The van der Waals surface area contributed by atoms with Gasteiger partial charge in [-0.1, -0.05) is 42.4 Å². The topological polar surface area (TPSA) is 59.1 Å². The molecule has 1 fully saturated rings. The van der Waals surface area contributed by atoms with E-state index < -0.39 is 10.7 Å². The molecule has 32 heavy (non-hydrogen) atoms. The van der Waals surface area contributed by atoms with Crippen molar-refractivity contribution < 1.29 is 19.1 Å². The van der Waals surface area contributed by atoms with E-state index in [1.54, 1.807) is 12.0 Å². The van der Waals surface area contributed by atoms with Gasteiger partial charge >= 0.3 is 5.97 Å². The second kappa shape index (κ2) is 9.96. The van der Waals surface area contributed by atoms with Gasteiger partial charge in [0.15, 0.2) is 0 Å². The van der Waals surface area contributed by atoms with Crippen molar-refractivity contribution >= 4 is 29.3 Å². The number of carbonyl (C=O) groups excluding carboxylic acids is 2. The van der Waals surface area contributed by atoms with Gasteiger partial charge in [0.25, 0.3) is 5.91 Å². The molecule has 0 N–H and O–H groups in total. The van der Waals surface area contributed by atoms with Crippen molar-refractivity contribution in [3.63, 3.8) is 0 Å². The molecule has 2 aromatic carbocycles. The average molecular weight is 455 g/mol. The van der Waals surface area contributed by atoms with E-state index in [9.17, 15) is 9.59 Å². The van der Waals surface area contributed by atoms with Crippen LogP contribution in [0.3, 0.4) is 0 Å². The van der Waals surface area contributed by atoms with E-state index in [0.717, 1.165) is 35.8 Å². The molecule has 2 aromatic rings. The Bertz CT molecular complexity index is 976. The van der Waals surface area contributed by atoms with Crippen LogP contribution in [0.25, 0.3) is 0 Å². The largest absolute Gasteiger partial charge is 0.497 e. The van der Waals surface area contributed by atoms with E-state index in [0.29, 0.717) is 12.3 Å². The highest BCUT2D eigenvalue weighted by molar-refractivity contribution is 8.02. The van der Waals surface area contributed by atoms with Crippen molar-refractivity contribution in [2.45, 2.75) is 35.3 Å². The van der Waals surface area contributed by atoms with Crippen LogP contribution in [-0.4, -0.2) is 61.9 Å². The van der Waals surface area contributed by atoms with Crippen molar-refractivity contribution in [2.75, 3.05) is 45.3 Å². The molecule has 0 radical (unpaired) electrons. The summed E-state index contributed by atoms with van der Waals surface area (Å²) in [5, 5.41) is 0. The third-order valence-electron chi connectivity index (χ3n) is 6.22. The molecule has 0 aliphatic carbocycles. The van der Waals surface area contributed by atoms with Gasteiger partial charge in [0.2, 0.25) is 4.75 Å². The van der Waals surface area contributed by atoms with E-state index in [1.807, 2.05) is 48.5 Å². The molecule has 0 bridgehead atoms. The Morgan fingerprint density at radius 3 is 2.56 bits per heavy atom. The van der Waals surface area contributed by atoms with Crippen LogP contribution >= 0.6 is 11.8 Å². The van der Waals surface area contributed by atoms with Gasteiger partial charge in [0.1, 0.15) is 5.75 Å². The molecular formula is C25H30N2O4S. The van der Waals surface area contributed by atoms with E-state index in [2.05, 4.69) is 4.90 Å². The zero-order valence-corrected chi connectivity index (χ0v) is 19.5. The minimum absolute atomic E-state index is 0.215. The maximum atomic E-state index is 14.0. The number of hydrogen-bond donors (Lipinski definition) is 0. The number of nitrogens with zero attached hydrogens (tertiary/aromatic N) is 2. The number of methoxy groups -OCH3 is 2. The summed E-state index contributed by atoms with van der Waals surface area (Å²) >= 11 is 1.30. The molecule has 1 atom stereocenters. The SMILES string of the molecule is COC(=O)C1(Cc2cccc(OC)c2)Sc2ccccc2N(CCN2CCCCC2)C1=O. The van der Waals surface area contributed by atoms with Crippen molar-refractivity contribution in [3.05, 3.63) is 54.1 Å². The standard InChI is InChI=1S/C25H30N2O4S/c1-30-20-10-8-9-19(17-20)18-25(24(29)31-2)23(28)27(16-15-26-13-6-3-7-14-26)21-11-4-5-12-22(21)32-25/h4-5,8-12,17H,3,6-7,13-16,18H2,1-2H3. The van der Waals surface area contributed by atoms with E-state index >= 15 is 0 Å². The predicted molar refractivity (Wildman–Crippen MR) is 126 cm³/mol. The van der Waals surface area contributed by atoms with Crippen molar-refractivity contribution in [1.82, 2.24) is 4.90 Å². The number of anilines is 1. The van der Waals surface area contributed by atoms with Crippen LogP contribution in [0.1, 0.15) is 24.8 Å². The fraction of sp³-hybridized carbons (Fsp3) is 0.440. The molecule has 1 amide bonds. The zero-order valence-electron chi connectivity index (χ0n) is 18.7. The van der Waals surface area contributed by atoms with E-state index in [1.165, 1.54) is 38.1 Å². The minimum atomic E-state index is -1.38. The summed E-state index contributed by atoms with van der Waals surface area (Å²) in [6, 6.07) is 15.3. The molecule has 0 saturated carbocycles. The number of amides is 1. The molecule has 2 heterocycles. The lowest BCUT2D eigenvalue weighted by atomic mass is 9.95. The van der Waals surface area contributed by atoms with Crippen LogP contribution in [-0.2, 0) is 20.7 Å². The van der Waals surface area contributed by atoms with Gasteiger partial charge in [-0.05, 0) is 55.8 Å². The highest BCUT2D eigenvalue weighted by atomic mass is 32.2. The molecule has 2 aliphatic heterocycles. The monoisotopic (exact) mass is 454 g/mol.